The van der Waals surface area contributed by atoms with Crippen LogP contribution in [0.2, 0.25) is 0 Å². The van der Waals surface area contributed by atoms with Gasteiger partial charge in [0.15, 0.2) is 0 Å². The second-order valence-corrected chi connectivity index (χ2v) is 5.40. The lowest BCUT2D eigenvalue weighted by Crippen LogP contribution is -2.26. The van der Waals surface area contributed by atoms with Crippen LogP contribution in [0, 0.1) is 0 Å². The average Bonchev–Trinajstić information content (AvgIpc) is 3.09. The lowest BCUT2D eigenvalue weighted by Gasteiger charge is -2.27. The van der Waals surface area contributed by atoms with E-state index in [0.29, 0.717) is 6.04 Å². The number of aromatic nitrogens is 1. The molecule has 2 aliphatic heterocycles. The first-order valence-corrected chi connectivity index (χ1v) is 7.34. The van der Waals surface area contributed by atoms with Gasteiger partial charge < -0.3 is 4.90 Å². The average molecular weight is 245 g/mol. The quantitative estimate of drug-likeness (QED) is 0.816. The first-order chi connectivity index (χ1) is 8.90. The smallest absolute Gasteiger partial charge is 0.133 e. The topological polar surface area (TPSA) is 19.4 Å². The van der Waals surface area contributed by atoms with E-state index in [2.05, 4.69) is 33.8 Å². The van der Waals surface area contributed by atoms with Gasteiger partial charge in [-0.25, -0.2) is 4.98 Å². The van der Waals surface area contributed by atoms with Crippen LogP contribution in [0.25, 0.3) is 0 Å². The number of hydrogen-bond acceptors (Lipinski definition) is 3. The van der Waals surface area contributed by atoms with Crippen LogP contribution >= 0.6 is 0 Å². The number of hydrogen-bond donors (Lipinski definition) is 0. The van der Waals surface area contributed by atoms with Gasteiger partial charge in [-0.05, 0) is 44.8 Å². The minimum atomic E-state index is 0.597. The van der Waals surface area contributed by atoms with E-state index in [9.17, 15) is 0 Å². The van der Waals surface area contributed by atoms with Gasteiger partial charge in [0.1, 0.15) is 5.82 Å². The van der Waals surface area contributed by atoms with E-state index in [-0.39, 0.29) is 0 Å². The standard InChI is InChI=1S/C15H23N3/c1-2-17-12-6-8-14(17)13-7-5-9-16-15(13)18-10-3-4-11-18/h5,7,9,14H,2-4,6,8,10-12H2,1H3/t14-/m0/s1. The molecule has 0 radical (unpaired) electrons. The van der Waals surface area contributed by atoms with E-state index < -0.39 is 0 Å². The zero-order valence-electron chi connectivity index (χ0n) is 11.3. The predicted octanol–water partition coefficient (Wildman–Crippen LogP) is 2.84. The first-order valence-electron chi connectivity index (χ1n) is 7.34. The van der Waals surface area contributed by atoms with Crippen molar-refractivity contribution in [1.29, 1.82) is 0 Å². The third kappa shape index (κ3) is 2.12. The molecule has 2 saturated heterocycles. The lowest BCUT2D eigenvalue weighted by molar-refractivity contribution is 0.271. The summed E-state index contributed by atoms with van der Waals surface area (Å²) in [7, 11) is 0. The number of nitrogens with zero attached hydrogens (tertiary/aromatic N) is 3. The van der Waals surface area contributed by atoms with Crippen molar-refractivity contribution >= 4 is 5.82 Å². The van der Waals surface area contributed by atoms with Crippen LogP contribution in [0.15, 0.2) is 18.3 Å². The number of rotatable bonds is 3. The summed E-state index contributed by atoms with van der Waals surface area (Å²) >= 11 is 0. The zero-order chi connectivity index (χ0) is 12.4. The molecule has 98 valence electrons. The normalized spacial score (nSPS) is 24.9. The molecule has 3 heterocycles. The molecule has 3 nitrogen and oxygen atoms in total. The second kappa shape index (κ2) is 5.27. The van der Waals surface area contributed by atoms with Gasteiger partial charge in [0.25, 0.3) is 0 Å². The highest BCUT2D eigenvalue weighted by atomic mass is 15.2. The third-order valence-electron chi connectivity index (χ3n) is 4.35. The zero-order valence-corrected chi connectivity index (χ0v) is 11.3. The van der Waals surface area contributed by atoms with E-state index in [4.69, 9.17) is 0 Å². The minimum Gasteiger partial charge on any atom is -0.356 e. The van der Waals surface area contributed by atoms with Gasteiger partial charge in [0.2, 0.25) is 0 Å². The van der Waals surface area contributed by atoms with E-state index in [1.54, 1.807) is 0 Å². The largest absolute Gasteiger partial charge is 0.356 e. The second-order valence-electron chi connectivity index (χ2n) is 5.40. The Morgan fingerprint density at radius 3 is 2.83 bits per heavy atom. The summed E-state index contributed by atoms with van der Waals surface area (Å²) in [4.78, 5) is 9.74. The van der Waals surface area contributed by atoms with E-state index in [1.807, 2.05) is 6.20 Å². The molecule has 1 aromatic heterocycles. The number of pyridine rings is 1. The highest BCUT2D eigenvalue weighted by Crippen LogP contribution is 2.36. The van der Waals surface area contributed by atoms with E-state index >= 15 is 0 Å². The summed E-state index contributed by atoms with van der Waals surface area (Å²) in [5.41, 5.74) is 1.46. The van der Waals surface area contributed by atoms with Crippen molar-refractivity contribution in [2.75, 3.05) is 31.1 Å². The van der Waals surface area contributed by atoms with Gasteiger partial charge >= 0.3 is 0 Å². The number of likely N-dealkylation sites (tertiary alicyclic amines) is 1. The molecule has 3 heteroatoms. The van der Waals surface area contributed by atoms with Crippen LogP contribution in [-0.4, -0.2) is 36.1 Å². The molecule has 0 amide bonds. The molecule has 0 spiro atoms. The summed E-state index contributed by atoms with van der Waals surface area (Å²) in [5.74, 6) is 1.25. The molecule has 0 unspecified atom stereocenters. The summed E-state index contributed by atoms with van der Waals surface area (Å²) in [6.45, 7) is 7.03. The maximum absolute atomic E-state index is 4.67. The molecule has 2 aliphatic rings. The summed E-state index contributed by atoms with van der Waals surface area (Å²) in [6.07, 6.45) is 7.20. The Labute approximate surface area is 110 Å². The molecule has 0 bridgehead atoms. The summed E-state index contributed by atoms with van der Waals surface area (Å²) < 4.78 is 0. The van der Waals surface area contributed by atoms with Crippen LogP contribution in [0.5, 0.6) is 0 Å². The molecular weight excluding hydrogens is 222 g/mol. The molecule has 0 aromatic carbocycles. The Bertz CT molecular complexity index is 398. The lowest BCUT2D eigenvalue weighted by atomic mass is 10.0. The van der Waals surface area contributed by atoms with Crippen molar-refractivity contribution in [1.82, 2.24) is 9.88 Å². The molecule has 1 atom stereocenters. The Morgan fingerprint density at radius 1 is 1.22 bits per heavy atom. The first kappa shape index (κ1) is 12.0. The van der Waals surface area contributed by atoms with Gasteiger partial charge in [0, 0.05) is 30.9 Å². The summed E-state index contributed by atoms with van der Waals surface area (Å²) in [6, 6.07) is 4.99. The van der Waals surface area contributed by atoms with Crippen molar-refractivity contribution in [3.63, 3.8) is 0 Å². The van der Waals surface area contributed by atoms with Crippen molar-refractivity contribution < 1.29 is 0 Å². The van der Waals surface area contributed by atoms with Gasteiger partial charge in [-0.2, -0.15) is 0 Å². The van der Waals surface area contributed by atoms with Crippen molar-refractivity contribution in [3.05, 3.63) is 23.9 Å². The molecule has 1 aromatic rings. The van der Waals surface area contributed by atoms with Gasteiger partial charge in [-0.15, -0.1) is 0 Å². The van der Waals surface area contributed by atoms with E-state index in [1.165, 1.54) is 56.7 Å². The summed E-state index contributed by atoms with van der Waals surface area (Å²) in [5, 5.41) is 0. The minimum absolute atomic E-state index is 0.597. The fourth-order valence-corrected chi connectivity index (χ4v) is 3.42. The predicted molar refractivity (Wildman–Crippen MR) is 74.9 cm³/mol. The Balaban J connectivity index is 1.90. The molecule has 2 fully saturated rings. The highest BCUT2D eigenvalue weighted by molar-refractivity contribution is 5.49. The maximum atomic E-state index is 4.67. The molecular formula is C15H23N3. The van der Waals surface area contributed by atoms with Crippen LogP contribution in [0.1, 0.15) is 44.2 Å². The Hall–Kier alpha value is -1.09. The molecule has 0 aliphatic carbocycles. The highest BCUT2D eigenvalue weighted by Gasteiger charge is 2.28. The van der Waals surface area contributed by atoms with Gasteiger partial charge in [-0.1, -0.05) is 13.0 Å². The molecule has 0 N–H and O–H groups in total. The molecule has 0 saturated carbocycles. The SMILES string of the molecule is CCN1CCC[C@H]1c1cccnc1N1CCCC1. The van der Waals surface area contributed by atoms with Crippen molar-refractivity contribution in [3.8, 4) is 0 Å². The van der Waals surface area contributed by atoms with Gasteiger partial charge in [0.05, 0.1) is 0 Å². The van der Waals surface area contributed by atoms with Crippen LogP contribution in [0.3, 0.4) is 0 Å². The van der Waals surface area contributed by atoms with Gasteiger partial charge in [-0.3, -0.25) is 4.90 Å². The van der Waals surface area contributed by atoms with E-state index in [0.717, 1.165) is 6.54 Å². The van der Waals surface area contributed by atoms with Crippen LogP contribution in [-0.2, 0) is 0 Å². The van der Waals surface area contributed by atoms with Crippen LogP contribution < -0.4 is 4.90 Å². The van der Waals surface area contributed by atoms with Crippen molar-refractivity contribution in [2.24, 2.45) is 0 Å². The fraction of sp³-hybridized carbons (Fsp3) is 0.667. The molecule has 18 heavy (non-hydrogen) atoms. The number of anilines is 1. The van der Waals surface area contributed by atoms with Crippen molar-refractivity contribution in [2.45, 2.75) is 38.6 Å². The Morgan fingerprint density at radius 2 is 2.06 bits per heavy atom. The third-order valence-corrected chi connectivity index (χ3v) is 4.35. The Kier molecular flexibility index (Phi) is 3.50. The monoisotopic (exact) mass is 245 g/mol. The molecule has 3 rings (SSSR count). The fourth-order valence-electron chi connectivity index (χ4n) is 3.42. The van der Waals surface area contributed by atoms with Crippen LogP contribution in [0.4, 0.5) is 5.82 Å². The maximum Gasteiger partial charge on any atom is 0.133 e.